The van der Waals surface area contributed by atoms with Crippen LogP contribution in [0, 0.1) is 5.92 Å². The number of aliphatic carboxylic acids is 1. The molecule has 0 aromatic heterocycles. The van der Waals surface area contributed by atoms with E-state index in [1.54, 1.807) is 6.92 Å². The molecule has 3 aliphatic rings. The van der Waals surface area contributed by atoms with E-state index in [0.29, 0.717) is 38.8 Å². The van der Waals surface area contributed by atoms with Crippen molar-refractivity contribution in [2.24, 2.45) is 5.92 Å². The Morgan fingerprint density at radius 1 is 0.931 bits per heavy atom. The summed E-state index contributed by atoms with van der Waals surface area (Å²) in [5, 5.41) is 39.0. The zero-order valence-corrected chi connectivity index (χ0v) is 16.6. The maximum Gasteiger partial charge on any atom is 0.410 e. The molecule has 10 heteroatoms. The Balaban J connectivity index is 1.56. The normalized spacial score (nSPS) is 39.2. The molecule has 0 spiro atoms. The van der Waals surface area contributed by atoms with Crippen LogP contribution in [0.2, 0.25) is 0 Å². The number of nitrogens with zero attached hydrogens (tertiary/aromatic N) is 1. The number of amides is 1. The van der Waals surface area contributed by atoms with Gasteiger partial charge in [-0.25, -0.2) is 4.79 Å². The van der Waals surface area contributed by atoms with Crippen LogP contribution in [0.1, 0.15) is 45.4 Å². The van der Waals surface area contributed by atoms with Crippen LogP contribution in [-0.2, 0) is 19.0 Å². The lowest BCUT2D eigenvalue weighted by Gasteiger charge is -2.42. The number of ether oxygens (including phenoxy) is 3. The average molecular weight is 417 g/mol. The van der Waals surface area contributed by atoms with Gasteiger partial charge in [0.1, 0.15) is 24.4 Å². The molecule has 3 fully saturated rings. The first kappa shape index (κ1) is 22.2. The van der Waals surface area contributed by atoms with E-state index in [1.807, 2.05) is 0 Å². The van der Waals surface area contributed by atoms with Crippen molar-refractivity contribution in [2.45, 2.75) is 88.4 Å². The molecule has 0 radical (unpaired) electrons. The zero-order valence-electron chi connectivity index (χ0n) is 16.6. The van der Waals surface area contributed by atoms with Gasteiger partial charge in [0, 0.05) is 13.1 Å². The van der Waals surface area contributed by atoms with Gasteiger partial charge < -0.3 is 39.5 Å². The number of hydrogen-bond acceptors (Lipinski definition) is 8. The summed E-state index contributed by atoms with van der Waals surface area (Å²) in [5.41, 5.74) is 0. The molecule has 3 rings (SSSR count). The van der Waals surface area contributed by atoms with Crippen LogP contribution in [0.3, 0.4) is 0 Å². The molecule has 166 valence electrons. The van der Waals surface area contributed by atoms with Crippen molar-refractivity contribution in [1.29, 1.82) is 0 Å². The van der Waals surface area contributed by atoms with Gasteiger partial charge in [-0.3, -0.25) is 4.79 Å². The molecule has 0 aromatic rings. The SMILES string of the molecule is C[C@@H]1O[C@@H](O[C@@H]2CCCC[C@H]2OC(=O)N2CCC(C(=O)O)CC2)[C@@H](O)[C@H](O)[C@@H]1O. The summed E-state index contributed by atoms with van der Waals surface area (Å²) in [6.45, 7) is 2.25. The highest BCUT2D eigenvalue weighted by Crippen LogP contribution is 2.30. The third-order valence-electron chi connectivity index (χ3n) is 6.11. The second-order valence-corrected chi connectivity index (χ2v) is 8.16. The van der Waals surface area contributed by atoms with Crippen LogP contribution in [0.15, 0.2) is 0 Å². The topological polar surface area (TPSA) is 146 Å². The fourth-order valence-electron chi connectivity index (χ4n) is 4.16. The second kappa shape index (κ2) is 9.57. The third-order valence-corrected chi connectivity index (χ3v) is 6.11. The van der Waals surface area contributed by atoms with E-state index in [0.717, 1.165) is 12.8 Å². The van der Waals surface area contributed by atoms with Crippen molar-refractivity contribution in [2.75, 3.05) is 13.1 Å². The summed E-state index contributed by atoms with van der Waals surface area (Å²) in [6, 6.07) is 0. The molecule has 29 heavy (non-hydrogen) atoms. The molecule has 2 saturated heterocycles. The molecular weight excluding hydrogens is 386 g/mol. The highest BCUT2D eigenvalue weighted by molar-refractivity contribution is 5.71. The van der Waals surface area contributed by atoms with Crippen LogP contribution < -0.4 is 0 Å². The predicted molar refractivity (Wildman–Crippen MR) is 97.9 cm³/mol. The number of carboxylic acid groups (broad SMARTS) is 1. The van der Waals surface area contributed by atoms with Gasteiger partial charge in [-0.05, 0) is 39.0 Å². The molecular formula is C19H31NO9. The molecule has 1 saturated carbocycles. The lowest BCUT2D eigenvalue weighted by atomic mass is 9.94. The van der Waals surface area contributed by atoms with Gasteiger partial charge >= 0.3 is 12.1 Å². The molecule has 0 bridgehead atoms. The van der Waals surface area contributed by atoms with Crippen LogP contribution in [0.4, 0.5) is 4.79 Å². The summed E-state index contributed by atoms with van der Waals surface area (Å²) in [7, 11) is 0. The van der Waals surface area contributed by atoms with Crippen molar-refractivity contribution in [3.05, 3.63) is 0 Å². The number of aliphatic hydroxyl groups is 3. The average Bonchev–Trinajstić information content (AvgIpc) is 2.71. The fourth-order valence-corrected chi connectivity index (χ4v) is 4.16. The van der Waals surface area contributed by atoms with Gasteiger partial charge in [0.2, 0.25) is 0 Å². The molecule has 2 aliphatic heterocycles. The first-order valence-electron chi connectivity index (χ1n) is 10.3. The fraction of sp³-hybridized carbons (Fsp3) is 0.895. The number of piperidine rings is 1. The first-order chi connectivity index (χ1) is 13.8. The summed E-state index contributed by atoms with van der Waals surface area (Å²) >= 11 is 0. The van der Waals surface area contributed by atoms with Crippen LogP contribution in [-0.4, -0.2) is 93.4 Å². The summed E-state index contributed by atoms with van der Waals surface area (Å²) in [6.07, 6.45) is -3.62. The van der Waals surface area contributed by atoms with Gasteiger partial charge in [0.25, 0.3) is 0 Å². The van der Waals surface area contributed by atoms with Crippen molar-refractivity contribution in [1.82, 2.24) is 4.90 Å². The Bertz CT molecular complexity index is 580. The van der Waals surface area contributed by atoms with E-state index in [2.05, 4.69) is 0 Å². The second-order valence-electron chi connectivity index (χ2n) is 8.16. The van der Waals surface area contributed by atoms with Crippen molar-refractivity contribution >= 4 is 12.1 Å². The maximum absolute atomic E-state index is 12.5. The number of rotatable bonds is 4. The first-order valence-corrected chi connectivity index (χ1v) is 10.3. The summed E-state index contributed by atoms with van der Waals surface area (Å²) in [4.78, 5) is 25.1. The molecule has 0 aromatic carbocycles. The largest absolute Gasteiger partial charge is 0.481 e. The lowest BCUT2D eigenvalue weighted by Crippen LogP contribution is -2.58. The smallest absolute Gasteiger partial charge is 0.410 e. The van der Waals surface area contributed by atoms with Gasteiger partial charge in [0.05, 0.1) is 18.1 Å². The van der Waals surface area contributed by atoms with E-state index >= 15 is 0 Å². The van der Waals surface area contributed by atoms with E-state index < -0.39 is 60.9 Å². The molecule has 0 unspecified atom stereocenters. The molecule has 1 amide bonds. The van der Waals surface area contributed by atoms with E-state index in [-0.39, 0.29) is 0 Å². The van der Waals surface area contributed by atoms with Gasteiger partial charge in [0.15, 0.2) is 6.29 Å². The summed E-state index contributed by atoms with van der Waals surface area (Å²) < 4.78 is 17.0. The monoisotopic (exact) mass is 417 g/mol. The highest BCUT2D eigenvalue weighted by Gasteiger charge is 2.44. The number of aliphatic hydroxyl groups excluding tert-OH is 3. The third kappa shape index (κ3) is 5.18. The van der Waals surface area contributed by atoms with Crippen molar-refractivity contribution in [3.63, 3.8) is 0 Å². The Labute approximate surface area is 169 Å². The number of hydrogen-bond donors (Lipinski definition) is 4. The number of carbonyl (C=O) groups excluding carboxylic acids is 1. The molecule has 10 nitrogen and oxygen atoms in total. The Morgan fingerprint density at radius 2 is 1.55 bits per heavy atom. The number of likely N-dealkylation sites (tertiary alicyclic amines) is 1. The van der Waals surface area contributed by atoms with Crippen LogP contribution in [0.25, 0.3) is 0 Å². The van der Waals surface area contributed by atoms with Crippen LogP contribution in [0.5, 0.6) is 0 Å². The van der Waals surface area contributed by atoms with E-state index in [9.17, 15) is 24.9 Å². The van der Waals surface area contributed by atoms with Crippen molar-refractivity contribution < 1.29 is 44.2 Å². The molecule has 2 heterocycles. The highest BCUT2D eigenvalue weighted by atomic mass is 16.7. The summed E-state index contributed by atoms with van der Waals surface area (Å²) in [5.74, 6) is -1.27. The Morgan fingerprint density at radius 3 is 2.17 bits per heavy atom. The minimum Gasteiger partial charge on any atom is -0.481 e. The van der Waals surface area contributed by atoms with Gasteiger partial charge in [-0.2, -0.15) is 0 Å². The standard InChI is InChI=1S/C19H31NO9/c1-10-14(21)15(22)16(23)18(27-10)28-12-4-2-3-5-13(12)29-19(26)20-8-6-11(7-9-20)17(24)25/h10-16,18,21-23H,2-9H2,1H3,(H,24,25)/t10-,12+,13+,14+,15+,16-,18-/m0/s1. The van der Waals surface area contributed by atoms with Crippen LogP contribution >= 0.6 is 0 Å². The minimum atomic E-state index is -1.41. The minimum absolute atomic E-state index is 0.333. The number of carboxylic acids is 1. The molecule has 7 atom stereocenters. The molecule has 1 aliphatic carbocycles. The Kier molecular flexibility index (Phi) is 7.33. The quantitative estimate of drug-likeness (QED) is 0.499. The number of carbonyl (C=O) groups is 2. The zero-order chi connectivity index (χ0) is 21.1. The van der Waals surface area contributed by atoms with Crippen molar-refractivity contribution in [3.8, 4) is 0 Å². The van der Waals surface area contributed by atoms with Gasteiger partial charge in [-0.1, -0.05) is 6.42 Å². The van der Waals surface area contributed by atoms with E-state index in [1.165, 1.54) is 4.90 Å². The van der Waals surface area contributed by atoms with E-state index in [4.69, 9.17) is 19.3 Å². The molecule has 4 N–H and O–H groups in total. The lowest BCUT2D eigenvalue weighted by molar-refractivity contribution is -0.312. The predicted octanol–water partition coefficient (Wildman–Crippen LogP) is 0.0749. The van der Waals surface area contributed by atoms with Gasteiger partial charge in [-0.15, -0.1) is 0 Å². The Hall–Kier alpha value is -1.46. The maximum atomic E-state index is 12.5.